The molecular weight excluding hydrogens is 148 g/mol. The van der Waals surface area contributed by atoms with Crippen molar-refractivity contribution in [3.05, 3.63) is 55.6 Å². The van der Waals surface area contributed by atoms with Gasteiger partial charge in [0.2, 0.25) is 0 Å². The van der Waals surface area contributed by atoms with Gasteiger partial charge < -0.3 is 4.74 Å². The SMILES string of the molecule is C=CC=C.COc1ccccc1. The second-order valence-corrected chi connectivity index (χ2v) is 1.99. The van der Waals surface area contributed by atoms with Crippen LogP contribution in [0.4, 0.5) is 0 Å². The largest absolute Gasteiger partial charge is 0.497 e. The van der Waals surface area contributed by atoms with Crippen LogP contribution in [0.5, 0.6) is 5.75 Å². The quantitative estimate of drug-likeness (QED) is 0.607. The molecule has 0 aromatic heterocycles. The summed E-state index contributed by atoms with van der Waals surface area (Å²) in [5.74, 6) is 0.910. The van der Waals surface area contributed by atoms with Gasteiger partial charge in [-0.1, -0.05) is 43.5 Å². The first-order chi connectivity index (χ1) is 5.85. The summed E-state index contributed by atoms with van der Waals surface area (Å²) < 4.78 is 4.91. The Morgan fingerprint density at radius 2 is 1.58 bits per heavy atom. The minimum absolute atomic E-state index is 0.910. The number of methoxy groups -OCH3 is 1. The molecule has 1 aromatic carbocycles. The zero-order valence-electron chi connectivity index (χ0n) is 7.36. The van der Waals surface area contributed by atoms with Gasteiger partial charge in [0.15, 0.2) is 0 Å². The molecule has 0 aliphatic rings. The summed E-state index contributed by atoms with van der Waals surface area (Å²) in [6, 6.07) is 9.68. The van der Waals surface area contributed by atoms with Crippen molar-refractivity contribution < 1.29 is 4.74 Å². The molecule has 0 heterocycles. The van der Waals surface area contributed by atoms with Crippen LogP contribution in [0.15, 0.2) is 55.6 Å². The molecule has 0 amide bonds. The van der Waals surface area contributed by atoms with E-state index in [-0.39, 0.29) is 0 Å². The topological polar surface area (TPSA) is 9.23 Å². The van der Waals surface area contributed by atoms with Crippen LogP contribution in [0.3, 0.4) is 0 Å². The minimum Gasteiger partial charge on any atom is -0.497 e. The van der Waals surface area contributed by atoms with Gasteiger partial charge >= 0.3 is 0 Å². The van der Waals surface area contributed by atoms with Crippen LogP contribution in [0.25, 0.3) is 0 Å². The van der Waals surface area contributed by atoms with Crippen LogP contribution in [0.2, 0.25) is 0 Å². The van der Waals surface area contributed by atoms with Crippen LogP contribution in [-0.4, -0.2) is 7.11 Å². The Labute approximate surface area is 74.0 Å². The number of benzene rings is 1. The fraction of sp³-hybridized carbons (Fsp3) is 0.0909. The van der Waals surface area contributed by atoms with Crippen molar-refractivity contribution in [2.24, 2.45) is 0 Å². The van der Waals surface area contributed by atoms with Crippen molar-refractivity contribution in [1.29, 1.82) is 0 Å². The molecule has 0 saturated heterocycles. The molecule has 0 spiro atoms. The smallest absolute Gasteiger partial charge is 0.118 e. The molecule has 0 unspecified atom stereocenters. The van der Waals surface area contributed by atoms with Gasteiger partial charge in [0, 0.05) is 0 Å². The van der Waals surface area contributed by atoms with E-state index in [0.717, 1.165) is 5.75 Å². The van der Waals surface area contributed by atoms with Crippen LogP contribution in [0.1, 0.15) is 0 Å². The second kappa shape index (κ2) is 7.61. The van der Waals surface area contributed by atoms with Crippen molar-refractivity contribution in [1.82, 2.24) is 0 Å². The van der Waals surface area contributed by atoms with Crippen molar-refractivity contribution in [3.8, 4) is 5.75 Å². The van der Waals surface area contributed by atoms with E-state index in [0.29, 0.717) is 0 Å². The standard InChI is InChI=1S/C7H8O.C4H6/c1-8-7-5-3-2-4-6-7;1-3-4-2/h2-6H,1H3;3-4H,1-2H2. The van der Waals surface area contributed by atoms with Gasteiger partial charge in [0.1, 0.15) is 5.75 Å². The normalized spacial score (nSPS) is 7.42. The lowest BCUT2D eigenvalue weighted by Crippen LogP contribution is -1.78. The summed E-state index contributed by atoms with van der Waals surface area (Å²) in [4.78, 5) is 0. The number of allylic oxidation sites excluding steroid dienone is 2. The van der Waals surface area contributed by atoms with Crippen molar-refractivity contribution >= 4 is 0 Å². The maximum atomic E-state index is 4.91. The van der Waals surface area contributed by atoms with Crippen LogP contribution >= 0.6 is 0 Å². The van der Waals surface area contributed by atoms with E-state index in [1.54, 1.807) is 19.3 Å². The molecule has 0 saturated carbocycles. The Kier molecular flexibility index (Phi) is 6.65. The van der Waals surface area contributed by atoms with Gasteiger partial charge in [-0.2, -0.15) is 0 Å². The lowest BCUT2D eigenvalue weighted by atomic mass is 10.3. The third-order valence-electron chi connectivity index (χ3n) is 1.15. The first kappa shape index (κ1) is 10.5. The molecule has 0 bridgehead atoms. The number of rotatable bonds is 2. The summed E-state index contributed by atoms with van der Waals surface area (Å²) in [6.45, 7) is 6.72. The van der Waals surface area contributed by atoms with Gasteiger partial charge in [0.25, 0.3) is 0 Å². The van der Waals surface area contributed by atoms with E-state index in [1.165, 1.54) is 0 Å². The van der Waals surface area contributed by atoms with Gasteiger partial charge in [-0.25, -0.2) is 0 Å². The third kappa shape index (κ3) is 5.30. The van der Waals surface area contributed by atoms with E-state index in [9.17, 15) is 0 Å². The molecule has 0 aliphatic carbocycles. The van der Waals surface area contributed by atoms with Gasteiger partial charge in [-0.15, -0.1) is 0 Å². The van der Waals surface area contributed by atoms with Crippen LogP contribution in [-0.2, 0) is 0 Å². The highest BCUT2D eigenvalue weighted by Gasteiger charge is 1.80. The van der Waals surface area contributed by atoms with Gasteiger partial charge in [-0.3, -0.25) is 0 Å². The first-order valence-electron chi connectivity index (χ1n) is 3.67. The summed E-state index contributed by atoms with van der Waals surface area (Å²) in [7, 11) is 1.66. The highest BCUT2D eigenvalue weighted by atomic mass is 16.5. The molecule has 1 aromatic rings. The molecule has 0 radical (unpaired) electrons. The average molecular weight is 162 g/mol. The Morgan fingerprint density at radius 1 is 1.08 bits per heavy atom. The molecular formula is C11H14O. The molecule has 12 heavy (non-hydrogen) atoms. The Bertz CT molecular complexity index is 208. The monoisotopic (exact) mass is 162 g/mol. The molecule has 1 rings (SSSR count). The summed E-state index contributed by atoms with van der Waals surface area (Å²) in [5, 5.41) is 0. The molecule has 1 heteroatoms. The second-order valence-electron chi connectivity index (χ2n) is 1.99. The predicted molar refractivity (Wildman–Crippen MR) is 53.4 cm³/mol. The highest BCUT2D eigenvalue weighted by Crippen LogP contribution is 2.05. The van der Waals surface area contributed by atoms with Crippen molar-refractivity contribution in [2.45, 2.75) is 0 Å². The van der Waals surface area contributed by atoms with Gasteiger partial charge in [-0.05, 0) is 12.1 Å². The maximum Gasteiger partial charge on any atom is 0.118 e. The predicted octanol–water partition coefficient (Wildman–Crippen LogP) is 3.05. The Morgan fingerprint density at radius 3 is 1.83 bits per heavy atom. The molecule has 1 nitrogen and oxygen atoms in total. The highest BCUT2D eigenvalue weighted by molar-refractivity contribution is 5.20. The van der Waals surface area contributed by atoms with Crippen molar-refractivity contribution in [2.75, 3.05) is 7.11 Å². The fourth-order valence-electron chi connectivity index (χ4n) is 0.557. The van der Waals surface area contributed by atoms with E-state index in [4.69, 9.17) is 4.74 Å². The lowest BCUT2D eigenvalue weighted by molar-refractivity contribution is 0.415. The number of ether oxygens (including phenoxy) is 1. The zero-order valence-corrected chi connectivity index (χ0v) is 7.36. The van der Waals surface area contributed by atoms with Gasteiger partial charge in [0.05, 0.1) is 7.11 Å². The molecule has 0 N–H and O–H groups in total. The molecule has 64 valence electrons. The Hall–Kier alpha value is -1.50. The minimum atomic E-state index is 0.910. The Balaban J connectivity index is 0.000000261. The third-order valence-corrected chi connectivity index (χ3v) is 1.15. The molecule has 0 atom stereocenters. The number of hydrogen-bond donors (Lipinski definition) is 0. The summed E-state index contributed by atoms with van der Waals surface area (Å²) in [5.41, 5.74) is 0. The first-order valence-corrected chi connectivity index (χ1v) is 3.67. The van der Waals surface area contributed by atoms with Crippen LogP contribution in [0, 0.1) is 0 Å². The number of para-hydroxylation sites is 1. The maximum absolute atomic E-state index is 4.91. The van der Waals surface area contributed by atoms with E-state index < -0.39 is 0 Å². The molecule has 0 fully saturated rings. The zero-order chi connectivity index (χ0) is 9.23. The van der Waals surface area contributed by atoms with E-state index in [1.807, 2.05) is 30.3 Å². The van der Waals surface area contributed by atoms with E-state index in [2.05, 4.69) is 13.2 Å². The molecule has 0 aliphatic heterocycles. The lowest BCUT2D eigenvalue weighted by Gasteiger charge is -1.93. The van der Waals surface area contributed by atoms with Crippen LogP contribution < -0.4 is 4.74 Å². The van der Waals surface area contributed by atoms with Crippen molar-refractivity contribution in [3.63, 3.8) is 0 Å². The summed E-state index contributed by atoms with van der Waals surface area (Å²) in [6.07, 6.45) is 3.28. The fourth-order valence-corrected chi connectivity index (χ4v) is 0.557. The average Bonchev–Trinajstić information content (AvgIpc) is 2.19. The summed E-state index contributed by atoms with van der Waals surface area (Å²) >= 11 is 0. The number of hydrogen-bond acceptors (Lipinski definition) is 1. The van der Waals surface area contributed by atoms with E-state index >= 15 is 0 Å².